The van der Waals surface area contributed by atoms with Crippen LogP contribution in [0.2, 0.25) is 0 Å². The summed E-state index contributed by atoms with van der Waals surface area (Å²) in [5.41, 5.74) is 0. The summed E-state index contributed by atoms with van der Waals surface area (Å²) in [6.07, 6.45) is 0.962. The molecule has 3 heteroatoms. The first kappa shape index (κ1) is 5.95. The Morgan fingerprint density at radius 3 is 2.50 bits per heavy atom. The lowest BCUT2D eigenvalue weighted by Gasteiger charge is -2.20. The molecule has 1 rings (SSSR count). The van der Waals surface area contributed by atoms with Crippen molar-refractivity contribution in [2.75, 3.05) is 13.1 Å². The first-order valence-electron chi connectivity index (χ1n) is 2.64. The van der Waals surface area contributed by atoms with Crippen LogP contribution in [0.1, 0.15) is 6.42 Å². The lowest BCUT2D eigenvalue weighted by molar-refractivity contribution is 0.0158. The van der Waals surface area contributed by atoms with E-state index in [0.717, 1.165) is 6.42 Å². The van der Waals surface area contributed by atoms with Gasteiger partial charge in [0.05, 0.1) is 0 Å². The van der Waals surface area contributed by atoms with Crippen LogP contribution in [0.3, 0.4) is 0 Å². The van der Waals surface area contributed by atoms with Crippen molar-refractivity contribution in [3.8, 4) is 0 Å². The number of nitrogens with one attached hydrogen (secondary N) is 1. The molecule has 0 spiro atoms. The molecule has 1 heterocycles. The van der Waals surface area contributed by atoms with E-state index in [1.807, 2.05) is 0 Å². The van der Waals surface area contributed by atoms with Crippen molar-refractivity contribution in [2.24, 2.45) is 0 Å². The molecule has 0 amide bonds. The number of alkyl halides is 2. The number of hydrogen-bond donors (Lipinski definition) is 1. The van der Waals surface area contributed by atoms with Gasteiger partial charge in [-0.2, -0.15) is 0 Å². The number of halogens is 2. The van der Waals surface area contributed by atoms with Crippen LogP contribution < -0.4 is 5.32 Å². The Labute approximate surface area is 47.1 Å². The highest BCUT2D eigenvalue weighted by atomic mass is 19.3. The Morgan fingerprint density at radius 1 is 1.50 bits per heavy atom. The van der Waals surface area contributed by atoms with Crippen LogP contribution in [-0.4, -0.2) is 19.0 Å². The minimum atomic E-state index is -2.51. The van der Waals surface area contributed by atoms with Gasteiger partial charge in [-0.15, -0.1) is 0 Å². The molecule has 0 aromatic heterocycles. The fraction of sp³-hybridized carbons (Fsp3) is 0.800. The molecule has 0 aromatic rings. The van der Waals surface area contributed by atoms with E-state index in [2.05, 4.69) is 5.32 Å². The van der Waals surface area contributed by atoms with Crippen LogP contribution in [0, 0.1) is 6.42 Å². The minimum absolute atomic E-state index is 0.0486. The van der Waals surface area contributed by atoms with Gasteiger partial charge >= 0.3 is 0 Å². The summed E-state index contributed by atoms with van der Waals surface area (Å²) in [6.45, 7) is 0.774. The maximum absolute atomic E-state index is 12.1. The zero-order valence-corrected chi connectivity index (χ0v) is 4.45. The summed E-state index contributed by atoms with van der Waals surface area (Å²) < 4.78 is 24.2. The molecule has 0 aliphatic carbocycles. The highest BCUT2D eigenvalue weighted by Gasteiger charge is 2.30. The van der Waals surface area contributed by atoms with Gasteiger partial charge in [0.15, 0.2) is 0 Å². The maximum Gasteiger partial charge on any atom is 0.253 e. The third-order valence-electron chi connectivity index (χ3n) is 1.18. The SMILES string of the molecule is FC1(F)[CH]CNCC1. The average molecular weight is 120 g/mol. The van der Waals surface area contributed by atoms with Crippen molar-refractivity contribution in [3.63, 3.8) is 0 Å². The third kappa shape index (κ3) is 1.40. The second-order valence-corrected chi connectivity index (χ2v) is 1.92. The number of piperidine rings is 1. The molecule has 47 valence electrons. The van der Waals surface area contributed by atoms with Crippen molar-refractivity contribution in [1.29, 1.82) is 0 Å². The summed E-state index contributed by atoms with van der Waals surface area (Å²) in [4.78, 5) is 0. The first-order chi connectivity index (χ1) is 3.71. The Hall–Kier alpha value is -0.180. The van der Waals surface area contributed by atoms with Gasteiger partial charge in [-0.05, 0) is 0 Å². The summed E-state index contributed by atoms with van der Waals surface area (Å²) >= 11 is 0. The van der Waals surface area contributed by atoms with Crippen LogP contribution in [0.4, 0.5) is 8.78 Å². The maximum atomic E-state index is 12.1. The van der Waals surface area contributed by atoms with Crippen LogP contribution in [0.15, 0.2) is 0 Å². The van der Waals surface area contributed by atoms with Gasteiger partial charge in [0, 0.05) is 25.9 Å². The molecule has 0 unspecified atom stereocenters. The lowest BCUT2D eigenvalue weighted by Crippen LogP contribution is -2.35. The van der Waals surface area contributed by atoms with Crippen molar-refractivity contribution in [2.45, 2.75) is 12.3 Å². The first-order valence-corrected chi connectivity index (χ1v) is 2.64. The molecule has 1 N–H and O–H groups in total. The van der Waals surface area contributed by atoms with E-state index in [-0.39, 0.29) is 6.42 Å². The quantitative estimate of drug-likeness (QED) is 0.499. The molecule has 1 aliphatic rings. The van der Waals surface area contributed by atoms with Gasteiger partial charge in [-0.25, -0.2) is 8.78 Å². The fourth-order valence-electron chi connectivity index (χ4n) is 0.681. The molecule has 1 nitrogen and oxygen atoms in total. The topological polar surface area (TPSA) is 12.0 Å². The number of hydrogen-bond acceptors (Lipinski definition) is 1. The van der Waals surface area contributed by atoms with Gasteiger partial charge in [-0.3, -0.25) is 0 Å². The molecule has 1 fully saturated rings. The van der Waals surface area contributed by atoms with Crippen LogP contribution in [-0.2, 0) is 0 Å². The summed E-state index contributed by atoms with van der Waals surface area (Å²) in [5.74, 6) is -2.51. The third-order valence-corrected chi connectivity index (χ3v) is 1.18. The van der Waals surface area contributed by atoms with E-state index >= 15 is 0 Å². The second-order valence-electron chi connectivity index (χ2n) is 1.92. The molecule has 1 aliphatic heterocycles. The Kier molecular flexibility index (Phi) is 1.47. The van der Waals surface area contributed by atoms with Gasteiger partial charge in [-0.1, -0.05) is 0 Å². The smallest absolute Gasteiger partial charge is 0.253 e. The van der Waals surface area contributed by atoms with Crippen molar-refractivity contribution in [1.82, 2.24) is 5.32 Å². The predicted octanol–water partition coefficient (Wildman–Crippen LogP) is 0.819. The lowest BCUT2D eigenvalue weighted by atomic mass is 10.1. The minimum Gasteiger partial charge on any atom is -0.316 e. The van der Waals surface area contributed by atoms with Crippen molar-refractivity contribution < 1.29 is 8.78 Å². The Morgan fingerprint density at radius 2 is 2.25 bits per heavy atom. The van der Waals surface area contributed by atoms with Crippen LogP contribution in [0.25, 0.3) is 0 Å². The standard InChI is InChI=1S/C5H8F2N/c6-5(7)1-3-8-4-2-5/h1,8H,2-4H2. The van der Waals surface area contributed by atoms with Crippen molar-refractivity contribution in [3.05, 3.63) is 6.42 Å². The van der Waals surface area contributed by atoms with E-state index < -0.39 is 5.92 Å². The molecule has 0 atom stereocenters. The zero-order valence-electron chi connectivity index (χ0n) is 4.45. The zero-order chi connectivity index (χ0) is 6.04. The normalized spacial score (nSPS) is 27.8. The predicted molar refractivity (Wildman–Crippen MR) is 26.7 cm³/mol. The summed E-state index contributed by atoms with van der Waals surface area (Å²) in [5, 5.41) is 2.80. The van der Waals surface area contributed by atoms with Gasteiger partial charge in [0.1, 0.15) is 0 Å². The second kappa shape index (κ2) is 1.97. The molecule has 1 radical (unpaired) electrons. The summed E-state index contributed by atoms with van der Waals surface area (Å²) in [7, 11) is 0. The molecule has 0 saturated carbocycles. The molecule has 0 bridgehead atoms. The largest absolute Gasteiger partial charge is 0.316 e. The monoisotopic (exact) mass is 120 g/mol. The molecule has 1 saturated heterocycles. The molecular weight excluding hydrogens is 112 g/mol. The molecular formula is C5H8F2N. The van der Waals surface area contributed by atoms with Gasteiger partial charge < -0.3 is 5.32 Å². The van der Waals surface area contributed by atoms with Crippen LogP contribution >= 0.6 is 0 Å². The Balaban J connectivity index is 2.33. The Bertz CT molecular complexity index is 74.5. The summed E-state index contributed by atoms with van der Waals surface area (Å²) in [6, 6.07) is 0. The molecule has 8 heavy (non-hydrogen) atoms. The van der Waals surface area contributed by atoms with E-state index in [4.69, 9.17) is 0 Å². The van der Waals surface area contributed by atoms with Gasteiger partial charge in [0.25, 0.3) is 5.92 Å². The van der Waals surface area contributed by atoms with Gasteiger partial charge in [0.2, 0.25) is 0 Å². The highest BCUT2D eigenvalue weighted by Crippen LogP contribution is 2.22. The van der Waals surface area contributed by atoms with Crippen molar-refractivity contribution >= 4 is 0 Å². The van der Waals surface area contributed by atoms with E-state index in [1.165, 1.54) is 0 Å². The fourth-order valence-corrected chi connectivity index (χ4v) is 0.681. The number of rotatable bonds is 0. The molecule has 0 aromatic carbocycles. The average Bonchev–Trinajstić information content (AvgIpc) is 1.65. The highest BCUT2D eigenvalue weighted by molar-refractivity contribution is 4.90. The van der Waals surface area contributed by atoms with Crippen LogP contribution in [0.5, 0.6) is 0 Å². The van der Waals surface area contributed by atoms with E-state index in [0.29, 0.717) is 13.1 Å². The van der Waals surface area contributed by atoms with E-state index in [1.54, 1.807) is 0 Å². The van der Waals surface area contributed by atoms with E-state index in [9.17, 15) is 8.78 Å².